The normalized spacial score (nSPS) is 12.9. The molecule has 0 aromatic heterocycles. The number of sulfonamides is 1. The molecule has 0 aliphatic rings. The fraction of sp³-hybridized carbons (Fsp3) is 0.143. The van der Waals surface area contributed by atoms with Gasteiger partial charge in [-0.05, 0) is 42.8 Å². The Morgan fingerprint density at radius 3 is 2.20 bits per heavy atom. The Hall–Kier alpha value is -2.05. The molecular weight excluding hydrogens is 274 g/mol. The van der Waals surface area contributed by atoms with E-state index in [1.807, 2.05) is 31.2 Å². The van der Waals surface area contributed by atoms with E-state index >= 15 is 0 Å². The highest BCUT2D eigenvalue weighted by Crippen LogP contribution is 2.24. The first-order valence-corrected chi connectivity index (χ1v) is 7.66. The van der Waals surface area contributed by atoms with Crippen LogP contribution in [0.2, 0.25) is 0 Å². The highest BCUT2D eigenvalue weighted by Gasteiger charge is 2.10. The van der Waals surface area contributed by atoms with E-state index in [2.05, 4.69) is 5.32 Å². The molecule has 20 heavy (non-hydrogen) atoms. The van der Waals surface area contributed by atoms with Gasteiger partial charge in [-0.15, -0.1) is 0 Å². The van der Waals surface area contributed by atoms with Crippen molar-refractivity contribution in [2.24, 2.45) is 5.14 Å². The zero-order chi connectivity index (χ0) is 14.8. The van der Waals surface area contributed by atoms with Crippen LogP contribution in [0.5, 0.6) is 0 Å². The zero-order valence-electron chi connectivity index (χ0n) is 11.1. The van der Waals surface area contributed by atoms with Crippen molar-refractivity contribution in [2.45, 2.75) is 17.9 Å². The number of para-hydroxylation sites is 1. The van der Waals surface area contributed by atoms with Gasteiger partial charge in [-0.1, -0.05) is 18.2 Å². The predicted molar refractivity (Wildman–Crippen MR) is 80.7 cm³/mol. The molecule has 1 unspecified atom stereocenters. The van der Waals surface area contributed by atoms with Crippen LogP contribution in [-0.2, 0) is 10.0 Å². The third kappa shape index (κ3) is 3.28. The molecule has 5 nitrogen and oxygen atoms in total. The first kappa shape index (κ1) is 14.4. The van der Waals surface area contributed by atoms with Gasteiger partial charge in [0.05, 0.1) is 10.9 Å². The number of nitrogens with two attached hydrogens (primary N) is 2. The molecule has 0 amide bonds. The second-order valence-electron chi connectivity index (χ2n) is 4.56. The number of hydrogen-bond acceptors (Lipinski definition) is 4. The van der Waals surface area contributed by atoms with E-state index in [-0.39, 0.29) is 10.9 Å². The van der Waals surface area contributed by atoms with Gasteiger partial charge in [0.25, 0.3) is 0 Å². The number of primary sulfonamides is 1. The molecule has 2 aromatic rings. The minimum Gasteiger partial charge on any atom is -0.398 e. The van der Waals surface area contributed by atoms with Crippen LogP contribution in [0.15, 0.2) is 53.4 Å². The predicted octanol–water partition coefficient (Wildman–Crippen LogP) is 2.09. The molecule has 2 aromatic carbocycles. The summed E-state index contributed by atoms with van der Waals surface area (Å²) in [6.45, 7) is 1.99. The maximum atomic E-state index is 11.2. The summed E-state index contributed by atoms with van der Waals surface area (Å²) in [5, 5.41) is 8.32. The Morgan fingerprint density at radius 1 is 1.05 bits per heavy atom. The molecule has 0 spiro atoms. The van der Waals surface area contributed by atoms with Gasteiger partial charge >= 0.3 is 0 Å². The largest absolute Gasteiger partial charge is 0.398 e. The molecule has 0 fully saturated rings. The lowest BCUT2D eigenvalue weighted by atomic mass is 10.1. The van der Waals surface area contributed by atoms with Crippen LogP contribution in [0.3, 0.4) is 0 Å². The molecule has 5 N–H and O–H groups in total. The number of hydrogen-bond donors (Lipinski definition) is 3. The molecule has 106 valence electrons. The highest BCUT2D eigenvalue weighted by atomic mass is 32.2. The summed E-state index contributed by atoms with van der Waals surface area (Å²) >= 11 is 0. The average Bonchev–Trinajstić information content (AvgIpc) is 2.38. The van der Waals surface area contributed by atoms with Gasteiger partial charge in [-0.3, -0.25) is 0 Å². The van der Waals surface area contributed by atoms with Crippen LogP contribution in [0.4, 0.5) is 11.4 Å². The number of rotatable bonds is 4. The van der Waals surface area contributed by atoms with Crippen LogP contribution >= 0.6 is 0 Å². The van der Waals surface area contributed by atoms with Crippen molar-refractivity contribution in [1.29, 1.82) is 0 Å². The summed E-state index contributed by atoms with van der Waals surface area (Å²) < 4.78 is 22.3. The smallest absolute Gasteiger partial charge is 0.238 e. The van der Waals surface area contributed by atoms with E-state index in [0.717, 1.165) is 11.3 Å². The monoisotopic (exact) mass is 291 g/mol. The first-order chi connectivity index (χ1) is 9.38. The van der Waals surface area contributed by atoms with Crippen molar-refractivity contribution < 1.29 is 8.42 Å². The van der Waals surface area contributed by atoms with Crippen LogP contribution < -0.4 is 16.2 Å². The van der Waals surface area contributed by atoms with Gasteiger partial charge in [-0.2, -0.15) is 0 Å². The third-order valence-corrected chi connectivity index (χ3v) is 3.96. The van der Waals surface area contributed by atoms with Crippen molar-refractivity contribution in [2.75, 3.05) is 11.1 Å². The van der Waals surface area contributed by atoms with Crippen molar-refractivity contribution in [3.8, 4) is 0 Å². The molecule has 2 rings (SSSR count). The molecule has 6 heteroatoms. The van der Waals surface area contributed by atoms with Gasteiger partial charge in [0.1, 0.15) is 0 Å². The maximum absolute atomic E-state index is 11.2. The Kier molecular flexibility index (Phi) is 3.96. The van der Waals surface area contributed by atoms with Crippen molar-refractivity contribution in [3.05, 3.63) is 54.1 Å². The summed E-state index contributed by atoms with van der Waals surface area (Å²) in [6, 6.07) is 13.9. The lowest BCUT2D eigenvalue weighted by Crippen LogP contribution is -2.12. The summed E-state index contributed by atoms with van der Waals surface area (Å²) in [6.07, 6.45) is 0. The molecule has 1 atom stereocenters. The second kappa shape index (κ2) is 5.52. The number of benzene rings is 2. The third-order valence-electron chi connectivity index (χ3n) is 3.03. The van der Waals surface area contributed by atoms with Crippen LogP contribution in [0, 0.1) is 0 Å². The molecule has 0 heterocycles. The van der Waals surface area contributed by atoms with Crippen LogP contribution in [-0.4, -0.2) is 8.42 Å². The Bertz CT molecular complexity index is 697. The van der Waals surface area contributed by atoms with Gasteiger partial charge in [0.2, 0.25) is 10.0 Å². The quantitative estimate of drug-likeness (QED) is 0.751. The molecule has 0 saturated heterocycles. The maximum Gasteiger partial charge on any atom is 0.238 e. The van der Waals surface area contributed by atoms with Gasteiger partial charge < -0.3 is 11.1 Å². The fourth-order valence-corrected chi connectivity index (χ4v) is 2.49. The van der Waals surface area contributed by atoms with Crippen LogP contribution in [0.1, 0.15) is 18.5 Å². The lowest BCUT2D eigenvalue weighted by Gasteiger charge is -2.17. The molecule has 0 bridgehead atoms. The molecule has 0 aliphatic carbocycles. The fourth-order valence-electron chi connectivity index (χ4n) is 1.97. The minimum atomic E-state index is -3.65. The standard InChI is InChI=1S/C14H17N3O2S/c1-10(13-4-2-3-5-14(13)15)17-11-6-8-12(9-7-11)20(16,18)19/h2-10,17H,15H2,1H3,(H2,16,18,19). The molecule has 0 aliphatic heterocycles. The van der Waals surface area contributed by atoms with Gasteiger partial charge in [0, 0.05) is 11.4 Å². The van der Waals surface area contributed by atoms with E-state index in [1.165, 1.54) is 12.1 Å². The minimum absolute atomic E-state index is 0.0107. The Balaban J connectivity index is 2.17. The van der Waals surface area contributed by atoms with Gasteiger partial charge in [-0.25, -0.2) is 13.6 Å². The van der Waals surface area contributed by atoms with E-state index in [4.69, 9.17) is 10.9 Å². The van der Waals surface area contributed by atoms with Crippen molar-refractivity contribution in [1.82, 2.24) is 0 Å². The van der Waals surface area contributed by atoms with E-state index in [1.54, 1.807) is 12.1 Å². The summed E-state index contributed by atoms with van der Waals surface area (Å²) in [7, 11) is -3.65. The number of nitrogen functional groups attached to an aromatic ring is 1. The van der Waals surface area contributed by atoms with Crippen molar-refractivity contribution >= 4 is 21.4 Å². The van der Waals surface area contributed by atoms with Crippen molar-refractivity contribution in [3.63, 3.8) is 0 Å². The highest BCUT2D eigenvalue weighted by molar-refractivity contribution is 7.89. The Morgan fingerprint density at radius 2 is 1.65 bits per heavy atom. The average molecular weight is 291 g/mol. The second-order valence-corrected chi connectivity index (χ2v) is 6.13. The first-order valence-electron chi connectivity index (χ1n) is 6.12. The lowest BCUT2D eigenvalue weighted by molar-refractivity contribution is 0.598. The number of anilines is 2. The summed E-state index contributed by atoms with van der Waals surface area (Å²) in [5.74, 6) is 0. The van der Waals surface area contributed by atoms with E-state index < -0.39 is 10.0 Å². The number of nitrogens with one attached hydrogen (secondary N) is 1. The zero-order valence-corrected chi connectivity index (χ0v) is 11.9. The van der Waals surface area contributed by atoms with Crippen LogP contribution in [0.25, 0.3) is 0 Å². The SMILES string of the molecule is CC(Nc1ccc(S(N)(=O)=O)cc1)c1ccccc1N. The molecular formula is C14H17N3O2S. The molecule has 0 radical (unpaired) electrons. The van der Waals surface area contributed by atoms with Gasteiger partial charge in [0.15, 0.2) is 0 Å². The summed E-state index contributed by atoms with van der Waals surface area (Å²) in [5.41, 5.74) is 8.42. The molecule has 0 saturated carbocycles. The Labute approximate surface area is 118 Å². The summed E-state index contributed by atoms with van der Waals surface area (Å²) in [4.78, 5) is 0.0925. The topological polar surface area (TPSA) is 98.2 Å². The van der Waals surface area contributed by atoms with E-state index in [0.29, 0.717) is 5.69 Å². The van der Waals surface area contributed by atoms with E-state index in [9.17, 15) is 8.42 Å².